The van der Waals surface area contributed by atoms with Crippen molar-refractivity contribution in [3.8, 4) is 33.5 Å². The molecule has 67 heavy (non-hydrogen) atoms. The van der Waals surface area contributed by atoms with Crippen molar-refractivity contribution in [1.29, 1.82) is 0 Å². The Bertz CT molecular complexity index is 2810. The maximum absolute atomic E-state index is 16.7. The van der Waals surface area contributed by atoms with E-state index in [1.165, 1.54) is 27.4 Å². The number of aromatic amines is 1. The summed E-state index contributed by atoms with van der Waals surface area (Å²) in [4.78, 5) is 69.4. The lowest BCUT2D eigenvalue weighted by atomic mass is 9.90. The van der Waals surface area contributed by atoms with Crippen LogP contribution >= 0.6 is 0 Å². The van der Waals surface area contributed by atoms with Gasteiger partial charge in [0.05, 0.1) is 50.0 Å². The van der Waals surface area contributed by atoms with E-state index in [9.17, 15) is 19.2 Å². The van der Waals surface area contributed by atoms with Crippen molar-refractivity contribution in [2.75, 3.05) is 27.9 Å². The number of amides is 4. The SMILES string of the molecule is COC(=O)N[C@H](C(=O)N1[C@@H]2CC[C@H](C2)[C@H]1C1=Nc2ccc(-c3ccc4c(c3)C(F)(F)c3cc(-c5cnc([C@@H]6CCCN6C(=O)[C@H](NC(=O)OC)c6ccccc6)[nH]5)ccc3-4)cc2C1)[C@@H](C)OC. The van der Waals surface area contributed by atoms with Gasteiger partial charge < -0.3 is 39.6 Å². The molecule has 14 nitrogen and oxygen atoms in total. The molecular weight excluding hydrogens is 861 g/mol. The van der Waals surface area contributed by atoms with Gasteiger partial charge in [0.1, 0.15) is 17.9 Å². The zero-order valence-electron chi connectivity index (χ0n) is 37.6. The number of halogens is 2. The van der Waals surface area contributed by atoms with E-state index in [1.807, 2.05) is 35.2 Å². The highest BCUT2D eigenvalue weighted by Crippen LogP contribution is 2.53. The van der Waals surface area contributed by atoms with Crippen molar-refractivity contribution in [1.82, 2.24) is 30.4 Å². The Morgan fingerprint density at radius 3 is 2.24 bits per heavy atom. The molecule has 10 rings (SSSR count). The molecule has 3 aliphatic heterocycles. The summed E-state index contributed by atoms with van der Waals surface area (Å²) in [6, 6.07) is 22.5. The molecule has 5 aromatic rings. The van der Waals surface area contributed by atoms with Gasteiger partial charge in [-0.15, -0.1) is 0 Å². The first-order valence-electron chi connectivity index (χ1n) is 22.7. The van der Waals surface area contributed by atoms with Crippen LogP contribution in [0.5, 0.6) is 0 Å². The Balaban J connectivity index is 0.861. The Morgan fingerprint density at radius 1 is 0.821 bits per heavy atom. The van der Waals surface area contributed by atoms with Crippen LogP contribution in [0.25, 0.3) is 33.5 Å². The molecular formula is C51H51F2N7O7. The van der Waals surface area contributed by atoms with Gasteiger partial charge >= 0.3 is 12.2 Å². The molecule has 1 aromatic heterocycles. The predicted octanol–water partition coefficient (Wildman–Crippen LogP) is 8.39. The van der Waals surface area contributed by atoms with Crippen molar-refractivity contribution in [3.05, 3.63) is 119 Å². The van der Waals surface area contributed by atoms with Gasteiger partial charge in [-0.05, 0) is 103 Å². The summed E-state index contributed by atoms with van der Waals surface area (Å²) in [7, 11) is 4.00. The largest absolute Gasteiger partial charge is 0.453 e. The number of ether oxygens (including phenoxy) is 3. The lowest BCUT2D eigenvalue weighted by Gasteiger charge is -2.38. The molecule has 0 spiro atoms. The summed E-state index contributed by atoms with van der Waals surface area (Å²) in [5, 5.41) is 5.35. The zero-order chi connectivity index (χ0) is 46.7. The highest BCUT2D eigenvalue weighted by atomic mass is 19.3. The van der Waals surface area contributed by atoms with E-state index in [-0.39, 0.29) is 40.9 Å². The number of piperidine rings is 1. The number of fused-ring (bicyclic) bond motifs is 6. The summed E-state index contributed by atoms with van der Waals surface area (Å²) >= 11 is 0. The maximum Gasteiger partial charge on any atom is 0.407 e. The minimum Gasteiger partial charge on any atom is -0.453 e. The number of aromatic nitrogens is 2. The summed E-state index contributed by atoms with van der Waals surface area (Å²) in [5.41, 5.74) is 6.46. The molecule has 0 unspecified atom stereocenters. The summed E-state index contributed by atoms with van der Waals surface area (Å²) in [6.45, 7) is 2.19. The van der Waals surface area contributed by atoms with Crippen LogP contribution in [0.2, 0.25) is 0 Å². The monoisotopic (exact) mass is 911 g/mol. The normalized spacial score (nSPS) is 22.0. The Labute approximate surface area is 386 Å². The van der Waals surface area contributed by atoms with Crippen molar-refractivity contribution in [2.24, 2.45) is 10.9 Å². The number of hydrogen-bond acceptors (Lipinski definition) is 9. The molecule has 3 fully saturated rings. The summed E-state index contributed by atoms with van der Waals surface area (Å²) < 4.78 is 48.5. The van der Waals surface area contributed by atoms with Crippen molar-refractivity contribution in [3.63, 3.8) is 0 Å². The van der Waals surface area contributed by atoms with E-state index in [0.29, 0.717) is 65.1 Å². The standard InChI is InChI=1S/C51H51F2N7O7/c1-27(65-2)43(57-49(63)66-3)48(62)60-34-16-12-32(22-34)45(60)40-25-33-21-29(15-19-39(33)55-40)30-13-17-35-36-18-14-31(24-38(36)51(52,53)37(35)23-30)41-26-54-46(56-41)42-11-8-20-59(42)47(61)44(58-50(64)67-4)28-9-6-5-7-10-28/h5-7,9-10,13-15,17-19,21,23-24,26-27,32,34,42-45H,8,11-12,16,20,22,25H2,1-4H3,(H,54,56)(H,57,63)(H,58,64)/t27-,32-,34-,42+,43+,44-,45+/m1/s1. The number of H-pyrrole nitrogens is 1. The summed E-state index contributed by atoms with van der Waals surface area (Å²) in [6.07, 6.45) is 4.13. The van der Waals surface area contributed by atoms with Crippen LogP contribution in [-0.2, 0) is 36.1 Å². The molecule has 16 heteroatoms. The molecule has 4 aromatic carbocycles. The average Bonchev–Trinajstić information content (AvgIpc) is 4.23. The minimum atomic E-state index is -3.29. The highest BCUT2D eigenvalue weighted by molar-refractivity contribution is 6.02. The Morgan fingerprint density at radius 2 is 1.51 bits per heavy atom. The fraction of sp³-hybridized carbons (Fsp3) is 0.373. The first-order valence-corrected chi connectivity index (χ1v) is 22.7. The van der Waals surface area contributed by atoms with E-state index in [2.05, 4.69) is 20.6 Å². The molecule has 0 radical (unpaired) electrons. The molecule has 2 aliphatic carbocycles. The highest BCUT2D eigenvalue weighted by Gasteiger charge is 2.53. The Hall–Kier alpha value is -6.94. The van der Waals surface area contributed by atoms with E-state index in [0.717, 1.165) is 41.8 Å². The average molecular weight is 912 g/mol. The number of alkyl carbamates (subject to hydrolysis) is 2. The number of rotatable bonds is 11. The number of methoxy groups -OCH3 is 3. The molecule has 346 valence electrons. The first-order chi connectivity index (χ1) is 32.4. The van der Waals surface area contributed by atoms with Gasteiger partial charge in [-0.2, -0.15) is 8.78 Å². The van der Waals surface area contributed by atoms with Crippen LogP contribution in [0.1, 0.15) is 79.2 Å². The van der Waals surface area contributed by atoms with E-state index in [1.54, 1.807) is 66.6 Å². The van der Waals surface area contributed by atoms with Gasteiger partial charge in [0.2, 0.25) is 5.91 Å². The number of carbonyl (C=O) groups excluding carboxylic acids is 4. The third-order valence-corrected chi connectivity index (χ3v) is 14.4. The van der Waals surface area contributed by atoms with Crippen LogP contribution in [0, 0.1) is 5.92 Å². The Kier molecular flexibility index (Phi) is 11.4. The van der Waals surface area contributed by atoms with Crippen molar-refractivity contribution < 1.29 is 42.2 Å². The van der Waals surface area contributed by atoms with Crippen molar-refractivity contribution >= 4 is 35.4 Å². The fourth-order valence-corrected chi connectivity index (χ4v) is 11.0. The van der Waals surface area contributed by atoms with Crippen LogP contribution in [0.15, 0.2) is 96.1 Å². The number of alkyl halides is 2. The van der Waals surface area contributed by atoms with E-state index < -0.39 is 42.3 Å². The van der Waals surface area contributed by atoms with Gasteiger partial charge in [0, 0.05) is 48.5 Å². The molecule has 5 aliphatic rings. The number of hydrogen-bond donors (Lipinski definition) is 3. The number of carbonyl (C=O) groups is 4. The van der Waals surface area contributed by atoms with E-state index >= 15 is 8.78 Å². The number of imidazole rings is 1. The third kappa shape index (κ3) is 7.70. The van der Waals surface area contributed by atoms with Gasteiger partial charge in [0.25, 0.3) is 11.8 Å². The van der Waals surface area contributed by atoms with Gasteiger partial charge in [-0.25, -0.2) is 14.6 Å². The lowest BCUT2D eigenvalue weighted by molar-refractivity contribution is -0.139. The van der Waals surface area contributed by atoms with Gasteiger partial charge in [-0.1, -0.05) is 60.7 Å². The number of aliphatic imine (C=N–C) groups is 1. The molecule has 4 amide bonds. The number of benzene rings is 4. The van der Waals surface area contributed by atoms with Crippen molar-refractivity contribution in [2.45, 2.75) is 87.7 Å². The predicted molar refractivity (Wildman–Crippen MR) is 245 cm³/mol. The number of likely N-dealkylation sites (tertiary alicyclic amines) is 2. The smallest absolute Gasteiger partial charge is 0.407 e. The van der Waals surface area contributed by atoms with Gasteiger partial charge in [-0.3, -0.25) is 14.6 Å². The number of nitrogens with zero attached hydrogens (tertiary/aromatic N) is 4. The van der Waals surface area contributed by atoms with Crippen LogP contribution in [0.3, 0.4) is 0 Å². The molecule has 2 saturated heterocycles. The quantitative estimate of drug-likeness (QED) is 0.119. The van der Waals surface area contributed by atoms with E-state index in [4.69, 9.17) is 19.2 Å². The second-order valence-corrected chi connectivity index (χ2v) is 18.0. The second-order valence-electron chi connectivity index (χ2n) is 18.0. The maximum atomic E-state index is 16.7. The first kappa shape index (κ1) is 43.9. The molecule has 2 bridgehead atoms. The second kappa shape index (κ2) is 17.4. The molecule has 4 heterocycles. The number of nitrogens with one attached hydrogen (secondary N) is 3. The minimum absolute atomic E-state index is 0.0265. The zero-order valence-corrected chi connectivity index (χ0v) is 37.6. The lowest BCUT2D eigenvalue weighted by Crippen LogP contribution is -2.59. The van der Waals surface area contributed by atoms with Crippen LogP contribution in [-0.4, -0.2) is 102 Å². The summed E-state index contributed by atoms with van der Waals surface area (Å²) in [5.74, 6) is -3.07. The topological polar surface area (TPSA) is 168 Å². The van der Waals surface area contributed by atoms with Gasteiger partial charge in [0.15, 0.2) is 0 Å². The van der Waals surface area contributed by atoms with Crippen LogP contribution < -0.4 is 10.6 Å². The van der Waals surface area contributed by atoms with Crippen LogP contribution in [0.4, 0.5) is 24.1 Å². The fourth-order valence-electron chi connectivity index (χ4n) is 11.0. The molecule has 3 N–H and O–H groups in total. The third-order valence-electron chi connectivity index (χ3n) is 14.4. The molecule has 7 atom stereocenters. The molecule has 1 saturated carbocycles.